The van der Waals surface area contributed by atoms with Gasteiger partial charge in [0, 0.05) is 18.2 Å². The first-order valence-electron chi connectivity index (χ1n) is 10.3. The number of hydrogen-bond donors (Lipinski definition) is 0. The van der Waals surface area contributed by atoms with Crippen LogP contribution in [0.2, 0.25) is 0 Å². The highest BCUT2D eigenvalue weighted by atomic mass is 16.5. The number of hydrogen-bond acceptors (Lipinski definition) is 6. The summed E-state index contributed by atoms with van der Waals surface area (Å²) < 4.78 is 22.5. The van der Waals surface area contributed by atoms with Crippen LogP contribution in [0.25, 0.3) is 6.08 Å². The predicted molar refractivity (Wildman–Crippen MR) is 115 cm³/mol. The Morgan fingerprint density at radius 1 is 1.10 bits per heavy atom. The van der Waals surface area contributed by atoms with Crippen molar-refractivity contribution in [3.63, 3.8) is 0 Å². The molecule has 2 aromatic rings. The number of carbonyl (C=O) groups is 1. The Bertz CT molecular complexity index is 947. The molecular formula is C24H27NO5. The number of para-hydroxylation sites is 1. The van der Waals surface area contributed by atoms with Crippen LogP contribution in [0.1, 0.15) is 35.2 Å². The topological polar surface area (TPSA) is 57.2 Å². The van der Waals surface area contributed by atoms with E-state index in [4.69, 9.17) is 18.9 Å². The van der Waals surface area contributed by atoms with E-state index in [2.05, 4.69) is 4.90 Å². The molecule has 1 saturated heterocycles. The van der Waals surface area contributed by atoms with Gasteiger partial charge in [-0.25, -0.2) is 0 Å². The lowest BCUT2D eigenvalue weighted by Gasteiger charge is -2.14. The van der Waals surface area contributed by atoms with E-state index in [1.54, 1.807) is 38.5 Å². The lowest BCUT2D eigenvalue weighted by molar-refractivity contribution is 0.101. The van der Waals surface area contributed by atoms with Gasteiger partial charge >= 0.3 is 0 Å². The highest BCUT2D eigenvalue weighted by Gasteiger charge is 2.28. The maximum atomic E-state index is 12.8. The van der Waals surface area contributed by atoms with Crippen LogP contribution in [0.3, 0.4) is 0 Å². The molecular weight excluding hydrogens is 382 g/mol. The van der Waals surface area contributed by atoms with E-state index in [9.17, 15) is 4.79 Å². The minimum absolute atomic E-state index is 0.157. The lowest BCUT2D eigenvalue weighted by Crippen LogP contribution is -2.21. The molecule has 0 atom stereocenters. The number of benzene rings is 2. The smallest absolute Gasteiger partial charge is 0.231 e. The summed E-state index contributed by atoms with van der Waals surface area (Å²) in [5.41, 5.74) is 1.25. The third-order valence-electron chi connectivity index (χ3n) is 5.45. The molecule has 2 heterocycles. The Labute approximate surface area is 177 Å². The molecule has 0 radical (unpaired) electrons. The van der Waals surface area contributed by atoms with Gasteiger partial charge in [0.05, 0.1) is 26.4 Å². The number of Topliss-reactive ketones (excluding diaryl/α,β-unsaturated/α-hetero) is 1. The van der Waals surface area contributed by atoms with E-state index >= 15 is 0 Å². The predicted octanol–water partition coefficient (Wildman–Crippen LogP) is 4.18. The molecule has 0 unspecified atom stereocenters. The van der Waals surface area contributed by atoms with Gasteiger partial charge in [-0.1, -0.05) is 12.1 Å². The monoisotopic (exact) mass is 409 g/mol. The molecule has 30 heavy (non-hydrogen) atoms. The number of ether oxygens (including phenoxy) is 4. The van der Waals surface area contributed by atoms with Crippen molar-refractivity contribution in [3.8, 4) is 23.0 Å². The van der Waals surface area contributed by atoms with Gasteiger partial charge in [0.2, 0.25) is 5.78 Å². The van der Waals surface area contributed by atoms with Crippen LogP contribution in [0.4, 0.5) is 0 Å². The van der Waals surface area contributed by atoms with Crippen LogP contribution < -0.4 is 18.9 Å². The zero-order valence-corrected chi connectivity index (χ0v) is 17.5. The summed E-state index contributed by atoms with van der Waals surface area (Å²) in [6.45, 7) is 4.10. The van der Waals surface area contributed by atoms with Gasteiger partial charge in [0.25, 0.3) is 0 Å². The normalized spacial score (nSPS) is 17.1. The molecule has 2 aliphatic rings. The lowest BCUT2D eigenvalue weighted by atomic mass is 10.1. The van der Waals surface area contributed by atoms with Crippen molar-refractivity contribution >= 4 is 11.9 Å². The van der Waals surface area contributed by atoms with E-state index in [1.807, 2.05) is 18.2 Å². The van der Waals surface area contributed by atoms with Gasteiger partial charge in [-0.3, -0.25) is 4.79 Å². The van der Waals surface area contributed by atoms with E-state index < -0.39 is 0 Å². The Kier molecular flexibility index (Phi) is 6.23. The second kappa shape index (κ2) is 9.22. The van der Waals surface area contributed by atoms with Gasteiger partial charge in [-0.15, -0.1) is 0 Å². The summed E-state index contributed by atoms with van der Waals surface area (Å²) in [5, 5.41) is 0. The number of allylic oxidation sites excluding steroid dienone is 1. The molecule has 6 heteroatoms. The van der Waals surface area contributed by atoms with Gasteiger partial charge < -0.3 is 23.8 Å². The van der Waals surface area contributed by atoms with Crippen molar-refractivity contribution < 1.29 is 23.7 Å². The summed E-state index contributed by atoms with van der Waals surface area (Å²) in [5.74, 6) is 2.48. The highest BCUT2D eigenvalue weighted by molar-refractivity contribution is 6.14. The van der Waals surface area contributed by atoms with Crippen molar-refractivity contribution in [1.82, 2.24) is 4.90 Å². The number of nitrogens with zero attached hydrogens (tertiary/aromatic N) is 1. The van der Waals surface area contributed by atoms with Crippen molar-refractivity contribution in [2.24, 2.45) is 0 Å². The largest absolute Gasteiger partial charge is 0.493 e. The highest BCUT2D eigenvalue weighted by Crippen LogP contribution is 2.37. The summed E-state index contributed by atoms with van der Waals surface area (Å²) in [6.07, 6.45) is 5.26. The first-order valence-corrected chi connectivity index (χ1v) is 10.3. The zero-order valence-electron chi connectivity index (χ0n) is 17.5. The van der Waals surface area contributed by atoms with E-state index in [1.165, 1.54) is 25.9 Å². The molecule has 0 amide bonds. The average Bonchev–Trinajstić information content (AvgIpc) is 3.39. The summed E-state index contributed by atoms with van der Waals surface area (Å²) in [6, 6.07) is 10.9. The van der Waals surface area contributed by atoms with Crippen molar-refractivity contribution in [3.05, 3.63) is 53.3 Å². The molecule has 2 aromatic carbocycles. The van der Waals surface area contributed by atoms with Crippen LogP contribution in [-0.2, 0) is 0 Å². The van der Waals surface area contributed by atoms with Gasteiger partial charge in [0.1, 0.15) is 11.5 Å². The number of ketones is 1. The Morgan fingerprint density at radius 3 is 2.70 bits per heavy atom. The SMILES string of the molecule is COc1cccc(/C=C2\Oc3cc(OCCCN4CCCC4)ccc3C2=O)c1OC. The fraction of sp³-hybridized carbons (Fsp3) is 0.375. The number of fused-ring (bicyclic) bond motifs is 1. The number of likely N-dealkylation sites (tertiary alicyclic amines) is 1. The zero-order chi connectivity index (χ0) is 20.9. The molecule has 0 saturated carbocycles. The maximum absolute atomic E-state index is 12.8. The van der Waals surface area contributed by atoms with Crippen molar-refractivity contribution in [2.45, 2.75) is 19.3 Å². The van der Waals surface area contributed by atoms with Crippen LogP contribution in [-0.4, -0.2) is 51.1 Å². The minimum Gasteiger partial charge on any atom is -0.493 e. The van der Waals surface area contributed by atoms with Crippen molar-refractivity contribution in [1.29, 1.82) is 0 Å². The first kappa shape index (κ1) is 20.3. The molecule has 158 valence electrons. The molecule has 0 spiro atoms. The van der Waals surface area contributed by atoms with Crippen LogP contribution in [0.15, 0.2) is 42.2 Å². The van der Waals surface area contributed by atoms with Crippen LogP contribution >= 0.6 is 0 Å². The summed E-state index contributed by atoms with van der Waals surface area (Å²) in [4.78, 5) is 15.2. The average molecular weight is 409 g/mol. The molecule has 0 bridgehead atoms. The number of methoxy groups -OCH3 is 2. The molecule has 4 rings (SSSR count). The Hall–Kier alpha value is -2.99. The Balaban J connectivity index is 1.43. The summed E-state index contributed by atoms with van der Waals surface area (Å²) >= 11 is 0. The molecule has 1 fully saturated rings. The molecule has 0 aromatic heterocycles. The number of carbonyl (C=O) groups excluding carboxylic acids is 1. The second-order valence-electron chi connectivity index (χ2n) is 7.43. The standard InChI is InChI=1S/C24H27NO5/c1-27-20-8-5-7-17(24(20)28-2)15-22-23(26)19-10-9-18(16-21(19)30-22)29-14-6-13-25-11-3-4-12-25/h5,7-10,15-16H,3-4,6,11-14H2,1-2H3/b22-15-. The van der Waals surface area contributed by atoms with Crippen molar-refractivity contribution in [2.75, 3.05) is 40.5 Å². The summed E-state index contributed by atoms with van der Waals surface area (Å²) in [7, 11) is 3.15. The fourth-order valence-corrected chi connectivity index (χ4v) is 3.91. The molecule has 2 aliphatic heterocycles. The van der Waals surface area contributed by atoms with E-state index in [0.717, 1.165) is 13.0 Å². The molecule has 0 aliphatic carbocycles. The van der Waals surface area contributed by atoms with Crippen LogP contribution in [0.5, 0.6) is 23.0 Å². The quantitative estimate of drug-likeness (QED) is 0.481. The second-order valence-corrected chi connectivity index (χ2v) is 7.43. The number of rotatable bonds is 8. The van der Waals surface area contributed by atoms with E-state index in [0.29, 0.717) is 40.7 Å². The molecule has 0 N–H and O–H groups in total. The van der Waals surface area contributed by atoms with Gasteiger partial charge in [-0.05, 0) is 56.6 Å². The van der Waals surface area contributed by atoms with Crippen LogP contribution in [0, 0.1) is 0 Å². The molecule has 6 nitrogen and oxygen atoms in total. The fourth-order valence-electron chi connectivity index (χ4n) is 3.91. The maximum Gasteiger partial charge on any atom is 0.231 e. The third-order valence-corrected chi connectivity index (χ3v) is 5.45. The first-order chi connectivity index (χ1) is 14.7. The third kappa shape index (κ3) is 4.28. The van der Waals surface area contributed by atoms with Gasteiger partial charge in [-0.2, -0.15) is 0 Å². The van der Waals surface area contributed by atoms with Gasteiger partial charge in [0.15, 0.2) is 17.3 Å². The minimum atomic E-state index is -0.157. The van der Waals surface area contributed by atoms with E-state index in [-0.39, 0.29) is 11.5 Å². The Morgan fingerprint density at radius 2 is 1.93 bits per heavy atom.